The number of aryl methyl sites for hydroxylation is 2. The molecule has 0 aromatic heterocycles. The smallest absolute Gasteiger partial charge is 0.347 e. The van der Waals surface area contributed by atoms with Crippen LogP contribution in [-0.4, -0.2) is 11.1 Å². The summed E-state index contributed by atoms with van der Waals surface area (Å²) in [5.41, 5.74) is 1.94. The Morgan fingerprint density at radius 1 is 1.00 bits per heavy atom. The second-order valence-corrected chi connectivity index (χ2v) is 4.13. The Labute approximate surface area is 106 Å². The van der Waals surface area contributed by atoms with Gasteiger partial charge in [0.05, 0.1) is 0 Å². The van der Waals surface area contributed by atoms with Crippen LogP contribution in [0.1, 0.15) is 21.5 Å². The summed E-state index contributed by atoms with van der Waals surface area (Å²) in [6.07, 6.45) is 0. The van der Waals surface area contributed by atoms with Crippen LogP contribution in [0.15, 0.2) is 42.5 Å². The largest absolute Gasteiger partial charge is 0.507 e. The number of carbonyl (C=O) groups excluding carboxylic acids is 1. The monoisotopic (exact) mass is 242 g/mol. The standard InChI is InChI=1S/C15H14O3/c1-10-6-5-7-11(2)14(10)18-15(17)12-8-3-4-9-13(12)16/h3-9,16H,1-2H3. The van der Waals surface area contributed by atoms with Crippen molar-refractivity contribution in [3.8, 4) is 11.5 Å². The Hall–Kier alpha value is -2.29. The first kappa shape index (κ1) is 12.2. The number of hydrogen-bond donors (Lipinski definition) is 1. The minimum absolute atomic E-state index is 0.0752. The third kappa shape index (κ3) is 2.35. The number of phenols is 1. The van der Waals surface area contributed by atoms with E-state index < -0.39 is 5.97 Å². The second kappa shape index (κ2) is 4.92. The highest BCUT2D eigenvalue weighted by atomic mass is 16.5. The van der Waals surface area contributed by atoms with Crippen molar-refractivity contribution in [2.45, 2.75) is 13.8 Å². The molecule has 0 aliphatic rings. The van der Waals surface area contributed by atoms with Gasteiger partial charge in [0, 0.05) is 0 Å². The van der Waals surface area contributed by atoms with Crippen LogP contribution < -0.4 is 4.74 Å². The van der Waals surface area contributed by atoms with Crippen molar-refractivity contribution < 1.29 is 14.6 Å². The zero-order valence-corrected chi connectivity index (χ0v) is 10.3. The molecule has 92 valence electrons. The number of carbonyl (C=O) groups is 1. The van der Waals surface area contributed by atoms with Gasteiger partial charge in [0.25, 0.3) is 0 Å². The Morgan fingerprint density at radius 3 is 2.22 bits per heavy atom. The van der Waals surface area contributed by atoms with Crippen LogP contribution in [-0.2, 0) is 0 Å². The fourth-order valence-corrected chi connectivity index (χ4v) is 1.75. The molecule has 0 radical (unpaired) electrons. The molecule has 18 heavy (non-hydrogen) atoms. The van der Waals surface area contributed by atoms with Gasteiger partial charge < -0.3 is 9.84 Å². The number of aromatic hydroxyl groups is 1. The summed E-state index contributed by atoms with van der Waals surface area (Å²) in [5, 5.41) is 9.60. The van der Waals surface area contributed by atoms with E-state index in [-0.39, 0.29) is 11.3 Å². The molecule has 0 bridgehead atoms. The van der Waals surface area contributed by atoms with Gasteiger partial charge in [-0.1, -0.05) is 30.3 Å². The van der Waals surface area contributed by atoms with Gasteiger partial charge in [0.15, 0.2) is 0 Å². The van der Waals surface area contributed by atoms with Gasteiger partial charge >= 0.3 is 5.97 Å². The summed E-state index contributed by atoms with van der Waals surface area (Å²) in [5.74, 6) is -0.0787. The molecular formula is C15H14O3. The lowest BCUT2D eigenvalue weighted by molar-refractivity contribution is 0.0729. The fourth-order valence-electron chi connectivity index (χ4n) is 1.75. The van der Waals surface area contributed by atoms with Crippen molar-refractivity contribution in [1.82, 2.24) is 0 Å². The molecule has 0 spiro atoms. The predicted molar refractivity (Wildman–Crippen MR) is 69.0 cm³/mol. The number of benzene rings is 2. The van der Waals surface area contributed by atoms with E-state index in [1.165, 1.54) is 12.1 Å². The van der Waals surface area contributed by atoms with E-state index in [4.69, 9.17) is 4.74 Å². The normalized spacial score (nSPS) is 10.1. The molecule has 2 aromatic rings. The summed E-state index contributed by atoms with van der Waals surface area (Å²) in [7, 11) is 0. The molecule has 0 saturated heterocycles. The Kier molecular flexibility index (Phi) is 3.33. The van der Waals surface area contributed by atoms with E-state index >= 15 is 0 Å². The average Bonchev–Trinajstić information content (AvgIpc) is 2.34. The van der Waals surface area contributed by atoms with Gasteiger partial charge in [-0.25, -0.2) is 4.79 Å². The zero-order chi connectivity index (χ0) is 13.1. The van der Waals surface area contributed by atoms with Gasteiger partial charge in [-0.15, -0.1) is 0 Å². The van der Waals surface area contributed by atoms with Crippen LogP contribution in [0.25, 0.3) is 0 Å². The van der Waals surface area contributed by atoms with Gasteiger partial charge in [0.2, 0.25) is 0 Å². The molecule has 0 aliphatic carbocycles. The summed E-state index contributed by atoms with van der Waals surface area (Å²) in [4.78, 5) is 12.0. The highest BCUT2D eigenvalue weighted by molar-refractivity contribution is 5.94. The Morgan fingerprint density at radius 2 is 1.61 bits per heavy atom. The first-order valence-electron chi connectivity index (χ1n) is 5.66. The number of hydrogen-bond acceptors (Lipinski definition) is 3. The summed E-state index contributed by atoms with van der Waals surface area (Å²) in [6.45, 7) is 3.75. The molecule has 0 fully saturated rings. The van der Waals surface area contributed by atoms with Crippen molar-refractivity contribution in [2.75, 3.05) is 0 Å². The lowest BCUT2D eigenvalue weighted by Crippen LogP contribution is -2.10. The number of rotatable bonds is 2. The van der Waals surface area contributed by atoms with Crippen LogP contribution >= 0.6 is 0 Å². The lowest BCUT2D eigenvalue weighted by Gasteiger charge is -2.10. The Bertz CT molecular complexity index is 568. The molecule has 3 heteroatoms. The first-order valence-corrected chi connectivity index (χ1v) is 5.66. The summed E-state index contributed by atoms with van der Waals surface area (Å²) >= 11 is 0. The van der Waals surface area contributed by atoms with Crippen LogP contribution in [0.2, 0.25) is 0 Å². The minimum atomic E-state index is -0.550. The molecule has 0 saturated carbocycles. The van der Waals surface area contributed by atoms with Gasteiger partial charge in [-0.2, -0.15) is 0 Å². The minimum Gasteiger partial charge on any atom is -0.507 e. The van der Waals surface area contributed by atoms with Crippen LogP contribution in [0, 0.1) is 13.8 Å². The molecule has 3 nitrogen and oxygen atoms in total. The maximum absolute atomic E-state index is 12.0. The van der Waals surface area contributed by atoms with Crippen molar-refractivity contribution in [2.24, 2.45) is 0 Å². The number of ether oxygens (including phenoxy) is 1. The van der Waals surface area contributed by atoms with Crippen molar-refractivity contribution in [3.05, 3.63) is 59.2 Å². The maximum Gasteiger partial charge on any atom is 0.347 e. The highest BCUT2D eigenvalue weighted by Gasteiger charge is 2.15. The van der Waals surface area contributed by atoms with E-state index in [2.05, 4.69) is 0 Å². The van der Waals surface area contributed by atoms with Crippen molar-refractivity contribution in [3.63, 3.8) is 0 Å². The topological polar surface area (TPSA) is 46.5 Å². The first-order chi connectivity index (χ1) is 8.59. The summed E-state index contributed by atoms with van der Waals surface area (Å²) in [6, 6.07) is 12.0. The van der Waals surface area contributed by atoms with Gasteiger partial charge in [-0.3, -0.25) is 0 Å². The number of para-hydroxylation sites is 2. The average molecular weight is 242 g/mol. The molecular weight excluding hydrogens is 228 g/mol. The summed E-state index contributed by atoms with van der Waals surface area (Å²) < 4.78 is 5.34. The second-order valence-electron chi connectivity index (χ2n) is 4.13. The Balaban J connectivity index is 2.30. The van der Waals surface area contributed by atoms with E-state index in [0.29, 0.717) is 5.75 Å². The van der Waals surface area contributed by atoms with Crippen molar-refractivity contribution >= 4 is 5.97 Å². The third-order valence-electron chi connectivity index (χ3n) is 2.73. The van der Waals surface area contributed by atoms with Gasteiger partial charge in [-0.05, 0) is 37.1 Å². The molecule has 0 aliphatic heterocycles. The number of esters is 1. The van der Waals surface area contributed by atoms with Crippen molar-refractivity contribution in [1.29, 1.82) is 0 Å². The predicted octanol–water partition coefficient (Wildman–Crippen LogP) is 3.23. The molecule has 0 atom stereocenters. The number of phenolic OH excluding ortho intramolecular Hbond substituents is 1. The van der Waals surface area contributed by atoms with Gasteiger partial charge in [0.1, 0.15) is 17.1 Å². The molecule has 0 unspecified atom stereocenters. The molecule has 0 amide bonds. The van der Waals surface area contributed by atoms with Crippen LogP contribution in [0.4, 0.5) is 0 Å². The van der Waals surface area contributed by atoms with Crippen LogP contribution in [0.3, 0.4) is 0 Å². The van der Waals surface area contributed by atoms with E-state index in [9.17, 15) is 9.90 Å². The van der Waals surface area contributed by atoms with E-state index in [1.54, 1.807) is 12.1 Å². The SMILES string of the molecule is Cc1cccc(C)c1OC(=O)c1ccccc1O. The molecule has 0 heterocycles. The van der Waals surface area contributed by atoms with E-state index in [1.807, 2.05) is 32.0 Å². The van der Waals surface area contributed by atoms with Crippen LogP contribution in [0.5, 0.6) is 11.5 Å². The maximum atomic E-state index is 12.0. The molecule has 2 rings (SSSR count). The molecule has 1 N–H and O–H groups in total. The fraction of sp³-hybridized carbons (Fsp3) is 0.133. The highest BCUT2D eigenvalue weighted by Crippen LogP contribution is 2.25. The quantitative estimate of drug-likeness (QED) is 0.649. The molecule has 2 aromatic carbocycles. The van der Waals surface area contributed by atoms with E-state index in [0.717, 1.165) is 11.1 Å². The zero-order valence-electron chi connectivity index (χ0n) is 10.3. The third-order valence-corrected chi connectivity index (χ3v) is 2.73. The lowest BCUT2D eigenvalue weighted by atomic mass is 10.1.